The van der Waals surface area contributed by atoms with Crippen molar-refractivity contribution in [3.05, 3.63) is 52.5 Å². The fourth-order valence-electron chi connectivity index (χ4n) is 1.70. The third-order valence-electron chi connectivity index (χ3n) is 2.72. The minimum absolute atomic E-state index is 0.350. The Morgan fingerprint density at radius 3 is 2.76 bits per heavy atom. The average Bonchev–Trinajstić information content (AvgIpc) is 2.83. The van der Waals surface area contributed by atoms with E-state index in [9.17, 15) is 0 Å². The van der Waals surface area contributed by atoms with E-state index < -0.39 is 0 Å². The Kier molecular flexibility index (Phi) is 3.89. The minimum atomic E-state index is -0.350. The first-order valence-electron chi connectivity index (χ1n) is 5.61. The summed E-state index contributed by atoms with van der Waals surface area (Å²) in [6, 6.07) is 10.2. The van der Waals surface area contributed by atoms with Gasteiger partial charge >= 0.3 is 0 Å². The maximum Gasteiger partial charge on any atom is 0.0795 e. The Balaban J connectivity index is 1.90. The predicted molar refractivity (Wildman–Crippen MR) is 71.8 cm³/mol. The number of nitrogens with zero attached hydrogens (tertiary/aromatic N) is 1. The molecule has 0 spiro atoms. The Morgan fingerprint density at radius 1 is 1.35 bits per heavy atom. The molecule has 3 nitrogen and oxygen atoms in total. The van der Waals surface area contributed by atoms with Gasteiger partial charge in [-0.15, -0.1) is 11.3 Å². The van der Waals surface area contributed by atoms with E-state index in [0.717, 1.165) is 24.3 Å². The lowest BCUT2D eigenvalue weighted by Crippen LogP contribution is -2.43. The highest BCUT2D eigenvalue weighted by Crippen LogP contribution is 2.16. The molecule has 2 aromatic rings. The van der Waals surface area contributed by atoms with Gasteiger partial charge in [-0.1, -0.05) is 30.3 Å². The van der Waals surface area contributed by atoms with Crippen LogP contribution in [0.5, 0.6) is 0 Å². The number of rotatable bonds is 5. The number of thiazole rings is 1. The third-order valence-corrected chi connectivity index (χ3v) is 3.35. The molecule has 0 fully saturated rings. The SMILES string of the molecule is CC(N)(CNCc1cscn1)c1ccccc1. The fraction of sp³-hybridized carbons (Fsp3) is 0.308. The zero-order valence-electron chi connectivity index (χ0n) is 9.89. The maximum atomic E-state index is 6.30. The molecule has 0 saturated carbocycles. The van der Waals surface area contributed by atoms with E-state index in [1.807, 2.05) is 36.0 Å². The van der Waals surface area contributed by atoms with Crippen LogP contribution in [0.3, 0.4) is 0 Å². The van der Waals surface area contributed by atoms with Crippen LogP contribution in [0.25, 0.3) is 0 Å². The van der Waals surface area contributed by atoms with Gasteiger partial charge in [0.25, 0.3) is 0 Å². The van der Waals surface area contributed by atoms with Gasteiger partial charge in [-0.25, -0.2) is 4.98 Å². The highest BCUT2D eigenvalue weighted by Gasteiger charge is 2.19. The molecule has 3 N–H and O–H groups in total. The summed E-state index contributed by atoms with van der Waals surface area (Å²) < 4.78 is 0. The molecule has 0 aliphatic carbocycles. The molecular formula is C13H17N3S. The first-order valence-corrected chi connectivity index (χ1v) is 6.55. The molecule has 0 bridgehead atoms. The lowest BCUT2D eigenvalue weighted by molar-refractivity contribution is 0.444. The van der Waals surface area contributed by atoms with E-state index in [1.165, 1.54) is 0 Å². The van der Waals surface area contributed by atoms with Crippen molar-refractivity contribution >= 4 is 11.3 Å². The zero-order valence-corrected chi connectivity index (χ0v) is 10.7. The number of hydrogen-bond donors (Lipinski definition) is 2. The standard InChI is InChI=1S/C13H17N3S/c1-13(14,11-5-3-2-4-6-11)9-15-7-12-8-17-10-16-12/h2-6,8,10,15H,7,9,14H2,1H3. The summed E-state index contributed by atoms with van der Waals surface area (Å²) in [5, 5.41) is 5.39. The molecular weight excluding hydrogens is 230 g/mol. The summed E-state index contributed by atoms with van der Waals surface area (Å²) >= 11 is 1.61. The zero-order chi connectivity index (χ0) is 12.1. The maximum absolute atomic E-state index is 6.30. The minimum Gasteiger partial charge on any atom is -0.321 e. The molecule has 1 unspecified atom stereocenters. The van der Waals surface area contributed by atoms with Crippen molar-refractivity contribution in [1.82, 2.24) is 10.3 Å². The highest BCUT2D eigenvalue weighted by molar-refractivity contribution is 7.07. The molecule has 1 atom stereocenters. The topological polar surface area (TPSA) is 50.9 Å². The van der Waals surface area contributed by atoms with Crippen molar-refractivity contribution in [3.63, 3.8) is 0 Å². The number of aromatic nitrogens is 1. The molecule has 0 saturated heterocycles. The van der Waals surface area contributed by atoms with Crippen molar-refractivity contribution in [2.24, 2.45) is 5.73 Å². The normalized spacial score (nSPS) is 14.5. The van der Waals surface area contributed by atoms with Crippen LogP contribution in [0, 0.1) is 0 Å². The van der Waals surface area contributed by atoms with Crippen LogP contribution in [0.1, 0.15) is 18.2 Å². The lowest BCUT2D eigenvalue weighted by atomic mass is 9.93. The fourth-order valence-corrected chi connectivity index (χ4v) is 2.25. The summed E-state index contributed by atoms with van der Waals surface area (Å²) in [7, 11) is 0. The van der Waals surface area contributed by atoms with E-state index >= 15 is 0 Å². The van der Waals surface area contributed by atoms with Crippen molar-refractivity contribution in [2.45, 2.75) is 19.0 Å². The third kappa shape index (κ3) is 3.36. The first-order chi connectivity index (χ1) is 8.18. The van der Waals surface area contributed by atoms with Crippen molar-refractivity contribution in [1.29, 1.82) is 0 Å². The molecule has 4 heteroatoms. The molecule has 90 valence electrons. The summed E-state index contributed by atoms with van der Waals surface area (Å²) in [4.78, 5) is 4.22. The van der Waals surface area contributed by atoms with Crippen LogP contribution in [0.15, 0.2) is 41.2 Å². The quantitative estimate of drug-likeness (QED) is 0.851. The monoisotopic (exact) mass is 247 g/mol. The van der Waals surface area contributed by atoms with Gasteiger partial charge in [0.1, 0.15) is 0 Å². The summed E-state index contributed by atoms with van der Waals surface area (Å²) in [5.74, 6) is 0. The second kappa shape index (κ2) is 5.40. The molecule has 0 amide bonds. The number of nitrogens with one attached hydrogen (secondary N) is 1. The molecule has 0 aliphatic rings. The lowest BCUT2D eigenvalue weighted by Gasteiger charge is -2.25. The van der Waals surface area contributed by atoms with E-state index in [0.29, 0.717) is 0 Å². The van der Waals surface area contributed by atoms with Crippen LogP contribution in [0.2, 0.25) is 0 Å². The highest BCUT2D eigenvalue weighted by atomic mass is 32.1. The molecule has 17 heavy (non-hydrogen) atoms. The Labute approximate surface area is 106 Å². The Bertz CT molecular complexity index is 437. The second-order valence-electron chi connectivity index (χ2n) is 4.37. The largest absolute Gasteiger partial charge is 0.321 e. The van der Waals surface area contributed by atoms with Crippen LogP contribution in [0.4, 0.5) is 0 Å². The molecule has 1 aromatic heterocycles. The van der Waals surface area contributed by atoms with Gasteiger partial charge in [-0.3, -0.25) is 0 Å². The van der Waals surface area contributed by atoms with Gasteiger partial charge in [-0.05, 0) is 12.5 Å². The second-order valence-corrected chi connectivity index (χ2v) is 5.09. The number of nitrogens with two attached hydrogens (primary N) is 1. The van der Waals surface area contributed by atoms with Crippen LogP contribution in [-0.2, 0) is 12.1 Å². The summed E-state index contributed by atoms with van der Waals surface area (Å²) in [5.41, 5.74) is 10.0. The van der Waals surface area contributed by atoms with Gasteiger partial charge in [0.15, 0.2) is 0 Å². The van der Waals surface area contributed by atoms with Crippen LogP contribution >= 0.6 is 11.3 Å². The predicted octanol–water partition coefficient (Wildman–Crippen LogP) is 2.11. The molecule has 1 heterocycles. The Hall–Kier alpha value is -1.23. The summed E-state index contributed by atoms with van der Waals surface area (Å²) in [6.07, 6.45) is 0. The van der Waals surface area contributed by atoms with Gasteiger partial charge < -0.3 is 11.1 Å². The average molecular weight is 247 g/mol. The van der Waals surface area contributed by atoms with Crippen LogP contribution in [-0.4, -0.2) is 11.5 Å². The number of hydrogen-bond acceptors (Lipinski definition) is 4. The molecule has 0 radical (unpaired) electrons. The summed E-state index contributed by atoms with van der Waals surface area (Å²) in [6.45, 7) is 3.54. The van der Waals surface area contributed by atoms with E-state index in [-0.39, 0.29) is 5.54 Å². The van der Waals surface area contributed by atoms with Crippen molar-refractivity contribution in [3.8, 4) is 0 Å². The van der Waals surface area contributed by atoms with Crippen molar-refractivity contribution in [2.75, 3.05) is 6.54 Å². The molecule has 1 aromatic carbocycles. The van der Waals surface area contributed by atoms with E-state index in [2.05, 4.69) is 22.4 Å². The smallest absolute Gasteiger partial charge is 0.0795 e. The van der Waals surface area contributed by atoms with E-state index in [1.54, 1.807) is 11.3 Å². The van der Waals surface area contributed by atoms with Crippen LogP contribution < -0.4 is 11.1 Å². The van der Waals surface area contributed by atoms with Crippen molar-refractivity contribution < 1.29 is 0 Å². The van der Waals surface area contributed by atoms with Gasteiger partial charge in [0.2, 0.25) is 0 Å². The Morgan fingerprint density at radius 2 is 2.12 bits per heavy atom. The van der Waals surface area contributed by atoms with E-state index in [4.69, 9.17) is 5.73 Å². The molecule has 2 rings (SSSR count). The van der Waals surface area contributed by atoms with Gasteiger partial charge in [-0.2, -0.15) is 0 Å². The van der Waals surface area contributed by atoms with Gasteiger partial charge in [0.05, 0.1) is 16.7 Å². The van der Waals surface area contributed by atoms with Gasteiger partial charge in [0, 0.05) is 18.5 Å². The molecule has 0 aliphatic heterocycles. The first kappa shape index (κ1) is 12.2. The number of benzene rings is 1.